The summed E-state index contributed by atoms with van der Waals surface area (Å²) in [4.78, 5) is 12.9. The summed E-state index contributed by atoms with van der Waals surface area (Å²) in [5.41, 5.74) is -0.634. The van der Waals surface area contributed by atoms with E-state index in [2.05, 4.69) is 21.2 Å². The fourth-order valence-corrected chi connectivity index (χ4v) is 3.58. The Bertz CT molecular complexity index is 434. The molecule has 16 heavy (non-hydrogen) atoms. The van der Waals surface area contributed by atoms with Gasteiger partial charge in [0.25, 0.3) is 0 Å². The first-order valence-electron chi connectivity index (χ1n) is 4.75. The summed E-state index contributed by atoms with van der Waals surface area (Å²) in [5, 5.41) is 2.85. The lowest BCUT2D eigenvalue weighted by molar-refractivity contribution is -0.125. The number of nitrogens with one attached hydrogen (secondary N) is 1. The maximum Gasteiger partial charge on any atom is 0.229 e. The number of thiophene rings is 1. The average molecular weight is 343 g/mol. The second-order valence-electron chi connectivity index (χ2n) is 4.10. The van der Waals surface area contributed by atoms with Crippen molar-refractivity contribution >= 4 is 56.4 Å². The number of amides is 1. The lowest BCUT2D eigenvalue weighted by atomic mass is 10.1. The highest BCUT2D eigenvalue weighted by molar-refractivity contribution is 9.11. The maximum atomic E-state index is 11.8. The van der Waals surface area contributed by atoms with E-state index in [0.717, 1.165) is 8.66 Å². The van der Waals surface area contributed by atoms with Gasteiger partial charge < -0.3 is 5.32 Å². The van der Waals surface area contributed by atoms with E-state index < -0.39 is 9.75 Å². The molecule has 1 N–H and O–H groups in total. The average Bonchev–Trinajstić information content (AvgIpc) is 2.57. The van der Waals surface area contributed by atoms with E-state index in [1.165, 1.54) is 0 Å². The van der Waals surface area contributed by atoms with Gasteiger partial charge in [0.1, 0.15) is 4.33 Å². The van der Waals surface area contributed by atoms with E-state index in [1.807, 2.05) is 12.1 Å². The Hall–Kier alpha value is 0.230. The lowest BCUT2D eigenvalue weighted by Gasteiger charge is -2.11. The van der Waals surface area contributed by atoms with Crippen molar-refractivity contribution in [2.75, 3.05) is 0 Å². The Morgan fingerprint density at radius 1 is 1.62 bits per heavy atom. The van der Waals surface area contributed by atoms with Crippen LogP contribution in [0.25, 0.3) is 0 Å². The molecule has 1 aromatic rings. The molecule has 0 saturated heterocycles. The number of alkyl halides is 2. The quantitative estimate of drug-likeness (QED) is 0.833. The van der Waals surface area contributed by atoms with Gasteiger partial charge in [-0.25, -0.2) is 0 Å². The van der Waals surface area contributed by atoms with Gasteiger partial charge in [0.15, 0.2) is 0 Å². The first kappa shape index (κ1) is 12.7. The highest BCUT2D eigenvalue weighted by Gasteiger charge is 2.67. The number of hydrogen-bond acceptors (Lipinski definition) is 2. The molecule has 0 aliphatic heterocycles. The Kier molecular flexibility index (Phi) is 3.30. The normalized spacial score (nSPS) is 26.5. The van der Waals surface area contributed by atoms with Crippen LogP contribution in [0.1, 0.15) is 18.2 Å². The third-order valence-corrected chi connectivity index (χ3v) is 5.54. The smallest absolute Gasteiger partial charge is 0.229 e. The molecule has 1 heterocycles. The summed E-state index contributed by atoms with van der Waals surface area (Å²) in [6.45, 7) is 2.31. The zero-order valence-electron chi connectivity index (χ0n) is 8.52. The van der Waals surface area contributed by atoms with Crippen LogP contribution >= 0.6 is 50.5 Å². The molecule has 0 spiro atoms. The SMILES string of the molecule is CC1(C(=O)NCc2ccc(Br)s2)CC1(Cl)Cl. The summed E-state index contributed by atoms with van der Waals surface area (Å²) in [5.74, 6) is -0.0815. The van der Waals surface area contributed by atoms with Crippen molar-refractivity contribution in [2.24, 2.45) is 5.41 Å². The van der Waals surface area contributed by atoms with Gasteiger partial charge in [-0.05, 0) is 41.4 Å². The molecule has 1 fully saturated rings. The second kappa shape index (κ2) is 4.16. The van der Waals surface area contributed by atoms with E-state index >= 15 is 0 Å². The molecular weight excluding hydrogens is 333 g/mol. The van der Waals surface area contributed by atoms with Crippen molar-refractivity contribution in [1.29, 1.82) is 0 Å². The summed E-state index contributed by atoms with van der Waals surface area (Å²) in [6.07, 6.45) is 0.517. The fourth-order valence-electron chi connectivity index (χ4n) is 1.46. The molecule has 1 atom stereocenters. The molecule has 2 nitrogen and oxygen atoms in total. The molecule has 1 aliphatic carbocycles. The lowest BCUT2D eigenvalue weighted by Crippen LogP contribution is -2.32. The summed E-state index contributed by atoms with van der Waals surface area (Å²) >= 11 is 16.8. The summed E-state index contributed by atoms with van der Waals surface area (Å²) in [6, 6.07) is 3.93. The number of carbonyl (C=O) groups is 1. The predicted octanol–water partition coefficient (Wildman–Crippen LogP) is 3.71. The molecule has 0 aromatic carbocycles. The van der Waals surface area contributed by atoms with Crippen LogP contribution in [-0.4, -0.2) is 10.2 Å². The van der Waals surface area contributed by atoms with Crippen LogP contribution in [0.2, 0.25) is 0 Å². The first-order chi connectivity index (χ1) is 7.35. The van der Waals surface area contributed by atoms with E-state index in [9.17, 15) is 4.79 Å². The van der Waals surface area contributed by atoms with Gasteiger partial charge in [-0.1, -0.05) is 0 Å². The minimum atomic E-state index is -0.896. The standard InChI is InChI=1S/C10H10BrCl2NOS/c1-9(5-10(9,12)13)8(15)14-4-6-2-3-7(11)16-6/h2-3H,4-5H2,1H3,(H,14,15). The van der Waals surface area contributed by atoms with Gasteiger partial charge in [-0.2, -0.15) is 0 Å². The minimum Gasteiger partial charge on any atom is -0.351 e. The minimum absolute atomic E-state index is 0.0815. The maximum absolute atomic E-state index is 11.8. The first-order valence-corrected chi connectivity index (χ1v) is 7.12. The predicted molar refractivity (Wildman–Crippen MR) is 71.0 cm³/mol. The molecule has 88 valence electrons. The van der Waals surface area contributed by atoms with Gasteiger partial charge in [0.05, 0.1) is 15.7 Å². The molecule has 1 saturated carbocycles. The van der Waals surface area contributed by atoms with Crippen LogP contribution in [-0.2, 0) is 11.3 Å². The van der Waals surface area contributed by atoms with Crippen molar-refractivity contribution in [2.45, 2.75) is 24.2 Å². The fraction of sp³-hybridized carbons (Fsp3) is 0.500. The van der Waals surface area contributed by atoms with E-state index in [0.29, 0.717) is 13.0 Å². The molecule has 0 radical (unpaired) electrons. The molecule has 1 unspecified atom stereocenters. The molecule has 6 heteroatoms. The third-order valence-electron chi connectivity index (χ3n) is 2.81. The van der Waals surface area contributed by atoms with Gasteiger partial charge in [0.2, 0.25) is 5.91 Å². The van der Waals surface area contributed by atoms with Gasteiger partial charge in [0, 0.05) is 4.88 Å². The summed E-state index contributed by atoms with van der Waals surface area (Å²) < 4.78 is 0.158. The number of carbonyl (C=O) groups excluding carboxylic acids is 1. The van der Waals surface area contributed by atoms with Crippen molar-refractivity contribution in [3.63, 3.8) is 0 Å². The highest BCUT2D eigenvalue weighted by Crippen LogP contribution is 2.63. The molecule has 0 bridgehead atoms. The second-order valence-corrected chi connectivity index (χ2v) is 8.13. The molecular formula is C10H10BrCl2NOS. The highest BCUT2D eigenvalue weighted by atomic mass is 79.9. The van der Waals surface area contributed by atoms with Crippen LogP contribution in [0.5, 0.6) is 0 Å². The number of rotatable bonds is 3. The largest absolute Gasteiger partial charge is 0.351 e. The topological polar surface area (TPSA) is 29.1 Å². The van der Waals surface area contributed by atoms with Crippen molar-refractivity contribution in [3.8, 4) is 0 Å². The van der Waals surface area contributed by atoms with Crippen molar-refractivity contribution < 1.29 is 4.79 Å². The van der Waals surface area contributed by atoms with Crippen LogP contribution in [0.4, 0.5) is 0 Å². The summed E-state index contributed by atoms with van der Waals surface area (Å²) in [7, 11) is 0. The van der Waals surface area contributed by atoms with Crippen LogP contribution in [0, 0.1) is 5.41 Å². The van der Waals surface area contributed by atoms with Gasteiger partial charge in [-0.3, -0.25) is 4.79 Å². The van der Waals surface area contributed by atoms with Crippen LogP contribution < -0.4 is 5.32 Å². The Morgan fingerprint density at radius 3 is 2.69 bits per heavy atom. The zero-order chi connectivity index (χ0) is 12.0. The molecule has 1 aromatic heterocycles. The van der Waals surface area contributed by atoms with Gasteiger partial charge >= 0.3 is 0 Å². The van der Waals surface area contributed by atoms with Crippen LogP contribution in [0.15, 0.2) is 15.9 Å². The van der Waals surface area contributed by atoms with E-state index in [4.69, 9.17) is 23.2 Å². The Labute approximate surface area is 116 Å². The number of halogens is 3. The number of hydrogen-bond donors (Lipinski definition) is 1. The Balaban J connectivity index is 1.90. The van der Waals surface area contributed by atoms with Crippen LogP contribution in [0.3, 0.4) is 0 Å². The van der Waals surface area contributed by atoms with Crippen molar-refractivity contribution in [3.05, 3.63) is 20.8 Å². The molecule has 1 aliphatic rings. The third kappa shape index (κ3) is 2.26. The zero-order valence-corrected chi connectivity index (χ0v) is 12.4. The van der Waals surface area contributed by atoms with Crippen molar-refractivity contribution in [1.82, 2.24) is 5.32 Å². The van der Waals surface area contributed by atoms with Gasteiger partial charge in [-0.15, -0.1) is 34.5 Å². The monoisotopic (exact) mass is 341 g/mol. The van der Waals surface area contributed by atoms with E-state index in [-0.39, 0.29) is 5.91 Å². The van der Waals surface area contributed by atoms with E-state index in [1.54, 1.807) is 18.3 Å². The Morgan fingerprint density at radius 2 is 2.25 bits per heavy atom. The molecule has 2 rings (SSSR count). The molecule has 1 amide bonds.